The van der Waals surface area contributed by atoms with Crippen LogP contribution in [0.1, 0.15) is 22.5 Å². The summed E-state index contributed by atoms with van der Waals surface area (Å²) in [6.07, 6.45) is 0. The summed E-state index contributed by atoms with van der Waals surface area (Å²) in [7, 11) is 2.02. The second kappa shape index (κ2) is 3.91. The lowest BCUT2D eigenvalue weighted by molar-refractivity contribution is 0.467. The number of imidazole rings is 1. The third-order valence-corrected chi connectivity index (χ3v) is 3.37. The SMILES string of the molecule is Cc1cc(-c2nc(C)c(C)n2C)cc(C)c1O. The first kappa shape index (κ1) is 11.7. The van der Waals surface area contributed by atoms with Crippen molar-refractivity contribution < 1.29 is 5.11 Å². The zero-order chi connectivity index (χ0) is 12.7. The topological polar surface area (TPSA) is 38.0 Å². The summed E-state index contributed by atoms with van der Waals surface area (Å²) in [5, 5.41) is 9.78. The molecule has 0 saturated heterocycles. The van der Waals surface area contributed by atoms with Gasteiger partial charge in [0.15, 0.2) is 0 Å². The largest absolute Gasteiger partial charge is 0.507 e. The van der Waals surface area contributed by atoms with E-state index in [9.17, 15) is 5.11 Å². The lowest BCUT2D eigenvalue weighted by atomic mass is 10.1. The Kier molecular flexibility index (Phi) is 2.69. The maximum Gasteiger partial charge on any atom is 0.140 e. The summed E-state index contributed by atoms with van der Waals surface area (Å²) in [4.78, 5) is 4.57. The van der Waals surface area contributed by atoms with E-state index in [0.717, 1.165) is 28.2 Å². The van der Waals surface area contributed by atoms with E-state index in [1.165, 1.54) is 5.69 Å². The maximum atomic E-state index is 9.78. The average molecular weight is 230 g/mol. The fourth-order valence-corrected chi connectivity index (χ4v) is 2.06. The molecule has 90 valence electrons. The summed E-state index contributed by atoms with van der Waals surface area (Å²) in [5.74, 6) is 1.32. The number of phenolic OH excluding ortho intramolecular Hbond substituents is 1. The number of hydrogen-bond donors (Lipinski definition) is 1. The van der Waals surface area contributed by atoms with Crippen LogP contribution in [0.2, 0.25) is 0 Å². The molecule has 0 spiro atoms. The number of hydrogen-bond acceptors (Lipinski definition) is 2. The van der Waals surface area contributed by atoms with Crippen molar-refractivity contribution in [2.45, 2.75) is 27.7 Å². The molecule has 1 aromatic carbocycles. The molecule has 1 N–H and O–H groups in total. The van der Waals surface area contributed by atoms with Gasteiger partial charge in [-0.2, -0.15) is 0 Å². The van der Waals surface area contributed by atoms with Crippen LogP contribution in [0, 0.1) is 27.7 Å². The van der Waals surface area contributed by atoms with Gasteiger partial charge in [-0.05, 0) is 51.0 Å². The van der Waals surface area contributed by atoms with Crippen molar-refractivity contribution in [3.05, 3.63) is 34.6 Å². The summed E-state index contributed by atoms with van der Waals surface area (Å²) in [5.41, 5.74) is 5.04. The van der Waals surface area contributed by atoms with Gasteiger partial charge < -0.3 is 9.67 Å². The minimum absolute atomic E-state index is 0.372. The highest BCUT2D eigenvalue weighted by molar-refractivity contribution is 5.62. The molecule has 0 bridgehead atoms. The number of phenols is 1. The van der Waals surface area contributed by atoms with Crippen LogP contribution >= 0.6 is 0 Å². The van der Waals surface area contributed by atoms with Gasteiger partial charge in [-0.15, -0.1) is 0 Å². The lowest BCUT2D eigenvalue weighted by Crippen LogP contribution is -1.96. The van der Waals surface area contributed by atoms with Gasteiger partial charge in [0, 0.05) is 18.3 Å². The summed E-state index contributed by atoms with van der Waals surface area (Å²) >= 11 is 0. The Morgan fingerprint density at radius 1 is 1.06 bits per heavy atom. The molecule has 0 aliphatic heterocycles. The van der Waals surface area contributed by atoms with Gasteiger partial charge in [0.25, 0.3) is 0 Å². The van der Waals surface area contributed by atoms with E-state index < -0.39 is 0 Å². The van der Waals surface area contributed by atoms with Gasteiger partial charge in [-0.25, -0.2) is 4.98 Å². The number of aromatic hydroxyl groups is 1. The van der Waals surface area contributed by atoms with Crippen molar-refractivity contribution in [1.29, 1.82) is 0 Å². The minimum Gasteiger partial charge on any atom is -0.507 e. The third kappa shape index (κ3) is 1.82. The number of nitrogens with zero attached hydrogens (tertiary/aromatic N) is 2. The maximum absolute atomic E-state index is 9.78. The number of rotatable bonds is 1. The van der Waals surface area contributed by atoms with E-state index in [4.69, 9.17) is 0 Å². The van der Waals surface area contributed by atoms with E-state index in [2.05, 4.69) is 16.5 Å². The second-order valence-electron chi connectivity index (χ2n) is 4.62. The Bertz CT molecular complexity index is 559. The van der Waals surface area contributed by atoms with Crippen molar-refractivity contribution in [2.75, 3.05) is 0 Å². The highest BCUT2D eigenvalue weighted by Crippen LogP contribution is 2.29. The molecule has 3 heteroatoms. The third-order valence-electron chi connectivity index (χ3n) is 3.37. The molecule has 0 aliphatic rings. The van der Waals surface area contributed by atoms with E-state index in [-0.39, 0.29) is 0 Å². The molecule has 3 nitrogen and oxygen atoms in total. The molecule has 0 atom stereocenters. The smallest absolute Gasteiger partial charge is 0.140 e. The van der Waals surface area contributed by atoms with Gasteiger partial charge in [0.2, 0.25) is 0 Å². The van der Waals surface area contributed by atoms with Gasteiger partial charge in [0.05, 0.1) is 5.69 Å². The molecule has 0 fully saturated rings. The highest BCUT2D eigenvalue weighted by Gasteiger charge is 2.12. The zero-order valence-electron chi connectivity index (χ0n) is 11.0. The fourth-order valence-electron chi connectivity index (χ4n) is 2.06. The zero-order valence-corrected chi connectivity index (χ0v) is 11.0. The van der Waals surface area contributed by atoms with Crippen molar-refractivity contribution in [3.8, 4) is 17.1 Å². The predicted octanol–water partition coefficient (Wildman–Crippen LogP) is 3.03. The fraction of sp³-hybridized carbons (Fsp3) is 0.357. The average Bonchev–Trinajstić information content (AvgIpc) is 2.53. The standard InChI is InChI=1S/C14H18N2O/c1-8-6-12(7-9(2)13(8)17)14-15-10(3)11(4)16(14)5/h6-7,17H,1-5H3. The van der Waals surface area contributed by atoms with E-state index in [1.54, 1.807) is 0 Å². The van der Waals surface area contributed by atoms with Gasteiger partial charge in [-0.3, -0.25) is 0 Å². The Morgan fingerprint density at radius 2 is 1.59 bits per heavy atom. The van der Waals surface area contributed by atoms with Crippen molar-refractivity contribution in [3.63, 3.8) is 0 Å². The number of benzene rings is 1. The van der Waals surface area contributed by atoms with Crippen LogP contribution in [0.3, 0.4) is 0 Å². The summed E-state index contributed by atoms with van der Waals surface area (Å²) in [6, 6.07) is 3.95. The Hall–Kier alpha value is -1.77. The van der Waals surface area contributed by atoms with Crippen molar-refractivity contribution >= 4 is 0 Å². The van der Waals surface area contributed by atoms with Crippen LogP contribution in [-0.2, 0) is 7.05 Å². The monoisotopic (exact) mass is 230 g/mol. The molecule has 0 amide bonds. The minimum atomic E-state index is 0.372. The highest BCUT2D eigenvalue weighted by atomic mass is 16.3. The molecule has 17 heavy (non-hydrogen) atoms. The van der Waals surface area contributed by atoms with Gasteiger partial charge >= 0.3 is 0 Å². The predicted molar refractivity (Wildman–Crippen MR) is 69.3 cm³/mol. The molecular formula is C14H18N2O. The van der Waals surface area contributed by atoms with Crippen LogP contribution in [-0.4, -0.2) is 14.7 Å². The molecule has 2 aromatic rings. The Morgan fingerprint density at radius 3 is 2.00 bits per heavy atom. The van der Waals surface area contributed by atoms with Crippen molar-refractivity contribution in [1.82, 2.24) is 9.55 Å². The van der Waals surface area contributed by atoms with Crippen LogP contribution in [0.5, 0.6) is 5.75 Å². The Labute approximate surface area is 102 Å². The van der Waals surface area contributed by atoms with Crippen molar-refractivity contribution in [2.24, 2.45) is 7.05 Å². The number of aryl methyl sites for hydroxylation is 3. The molecule has 1 aromatic heterocycles. The Balaban J connectivity index is 2.65. The molecule has 0 aliphatic carbocycles. The molecule has 0 saturated carbocycles. The molecule has 2 rings (SSSR count). The van der Waals surface area contributed by atoms with Crippen LogP contribution in [0.25, 0.3) is 11.4 Å². The van der Waals surface area contributed by atoms with Gasteiger partial charge in [0.1, 0.15) is 11.6 Å². The van der Waals surface area contributed by atoms with Crippen LogP contribution in [0.4, 0.5) is 0 Å². The molecule has 1 heterocycles. The summed E-state index contributed by atoms with van der Waals surface area (Å²) in [6.45, 7) is 7.90. The summed E-state index contributed by atoms with van der Waals surface area (Å²) < 4.78 is 2.08. The first-order valence-corrected chi connectivity index (χ1v) is 5.72. The quantitative estimate of drug-likeness (QED) is 0.817. The first-order valence-electron chi connectivity index (χ1n) is 5.72. The first-order chi connectivity index (χ1) is 7.91. The van der Waals surface area contributed by atoms with Crippen LogP contribution in [0.15, 0.2) is 12.1 Å². The second-order valence-corrected chi connectivity index (χ2v) is 4.62. The number of aromatic nitrogens is 2. The molecular weight excluding hydrogens is 212 g/mol. The lowest BCUT2D eigenvalue weighted by Gasteiger charge is -2.08. The van der Waals surface area contributed by atoms with Gasteiger partial charge in [-0.1, -0.05) is 0 Å². The van der Waals surface area contributed by atoms with E-state index >= 15 is 0 Å². The van der Waals surface area contributed by atoms with Crippen LogP contribution < -0.4 is 0 Å². The molecule has 0 unspecified atom stereocenters. The van der Waals surface area contributed by atoms with E-state index in [0.29, 0.717) is 5.75 Å². The van der Waals surface area contributed by atoms with E-state index in [1.807, 2.05) is 40.0 Å². The molecule has 0 radical (unpaired) electrons. The normalized spacial score (nSPS) is 10.9.